The molecular formula is C35H35BrO9. The molecule has 0 bridgehead atoms. The van der Waals surface area contributed by atoms with Gasteiger partial charge in [-0.3, -0.25) is 4.79 Å². The third-order valence-corrected chi connectivity index (χ3v) is 7.03. The van der Waals surface area contributed by atoms with Crippen LogP contribution in [0.1, 0.15) is 52.0 Å². The lowest BCUT2D eigenvalue weighted by atomic mass is 10.0. The summed E-state index contributed by atoms with van der Waals surface area (Å²) in [6.45, 7) is 8.21. The maximum atomic E-state index is 12.9. The highest BCUT2D eigenvalue weighted by Gasteiger charge is 2.14. The predicted molar refractivity (Wildman–Crippen MR) is 172 cm³/mol. The first-order chi connectivity index (χ1) is 21.8. The van der Waals surface area contributed by atoms with Crippen LogP contribution in [-0.4, -0.2) is 50.1 Å². The molecule has 236 valence electrons. The Hall–Kier alpha value is -4.70. The molecule has 0 saturated carbocycles. The lowest BCUT2D eigenvalue weighted by molar-refractivity contribution is -0.138. The van der Waals surface area contributed by atoms with Crippen molar-refractivity contribution in [1.82, 2.24) is 0 Å². The molecule has 10 heteroatoms. The molecule has 0 fully saturated rings. The Kier molecular flexibility index (Phi) is 14.6. The van der Waals surface area contributed by atoms with E-state index in [1.54, 1.807) is 66.7 Å². The molecule has 0 aliphatic carbocycles. The van der Waals surface area contributed by atoms with Gasteiger partial charge in [-0.15, -0.1) is 0 Å². The lowest BCUT2D eigenvalue weighted by Crippen LogP contribution is -2.09. The summed E-state index contributed by atoms with van der Waals surface area (Å²) in [7, 11) is 0. The summed E-state index contributed by atoms with van der Waals surface area (Å²) in [4.78, 5) is 47.6. The number of ether oxygens (including phenoxy) is 5. The van der Waals surface area contributed by atoms with Crippen molar-refractivity contribution in [2.45, 2.75) is 32.1 Å². The molecule has 0 heterocycles. The second-order valence-electron chi connectivity index (χ2n) is 9.65. The number of rotatable bonds is 19. The normalized spacial score (nSPS) is 10.3. The molecule has 0 saturated heterocycles. The van der Waals surface area contributed by atoms with Crippen LogP contribution in [0.15, 0.2) is 96.5 Å². The molecule has 0 spiro atoms. The molecule has 3 aromatic rings. The van der Waals surface area contributed by atoms with Crippen molar-refractivity contribution in [1.29, 1.82) is 0 Å². The van der Waals surface area contributed by atoms with E-state index in [-0.39, 0.29) is 12.2 Å². The summed E-state index contributed by atoms with van der Waals surface area (Å²) in [5.74, 6) is 0.0936. The molecule has 9 nitrogen and oxygen atoms in total. The number of ketones is 1. The van der Waals surface area contributed by atoms with Crippen LogP contribution in [0.25, 0.3) is 0 Å². The Labute approximate surface area is 270 Å². The van der Waals surface area contributed by atoms with Gasteiger partial charge in [-0.25, -0.2) is 14.4 Å². The second kappa shape index (κ2) is 18.9. The molecule has 3 aromatic carbocycles. The van der Waals surface area contributed by atoms with Crippen LogP contribution in [0.5, 0.6) is 17.2 Å². The maximum absolute atomic E-state index is 12.9. The van der Waals surface area contributed by atoms with E-state index >= 15 is 0 Å². The molecule has 0 radical (unpaired) electrons. The average Bonchev–Trinajstić information content (AvgIpc) is 3.05. The highest BCUT2D eigenvalue weighted by atomic mass is 79.9. The van der Waals surface area contributed by atoms with Crippen molar-refractivity contribution in [2.75, 3.05) is 26.4 Å². The zero-order valence-corrected chi connectivity index (χ0v) is 26.4. The number of esters is 3. The van der Waals surface area contributed by atoms with Gasteiger partial charge in [0.2, 0.25) is 0 Å². The van der Waals surface area contributed by atoms with E-state index in [2.05, 4.69) is 29.1 Å². The van der Waals surface area contributed by atoms with E-state index in [0.717, 1.165) is 17.7 Å². The van der Waals surface area contributed by atoms with Crippen molar-refractivity contribution in [2.24, 2.45) is 0 Å². The summed E-state index contributed by atoms with van der Waals surface area (Å²) in [6.07, 6.45) is 5.16. The summed E-state index contributed by atoms with van der Waals surface area (Å²) >= 11 is 3.48. The fourth-order valence-corrected chi connectivity index (χ4v) is 4.35. The molecular weight excluding hydrogens is 644 g/mol. The van der Waals surface area contributed by atoms with Gasteiger partial charge >= 0.3 is 17.9 Å². The van der Waals surface area contributed by atoms with E-state index in [4.69, 9.17) is 23.7 Å². The third-order valence-electron chi connectivity index (χ3n) is 6.29. The minimum atomic E-state index is -0.528. The monoisotopic (exact) mass is 678 g/mol. The number of benzene rings is 3. The number of halogens is 1. The summed E-state index contributed by atoms with van der Waals surface area (Å²) < 4.78 is 27.3. The van der Waals surface area contributed by atoms with Crippen LogP contribution in [0.4, 0.5) is 0 Å². The van der Waals surface area contributed by atoms with Gasteiger partial charge in [-0.2, -0.15) is 0 Å². The first-order valence-electron chi connectivity index (χ1n) is 14.4. The van der Waals surface area contributed by atoms with Gasteiger partial charge in [0.05, 0.1) is 32.0 Å². The zero-order valence-electron chi connectivity index (χ0n) is 24.8. The molecule has 3 rings (SSSR count). The predicted octanol–water partition coefficient (Wildman–Crippen LogP) is 6.87. The highest BCUT2D eigenvalue weighted by Crippen LogP contribution is 2.26. The van der Waals surface area contributed by atoms with E-state index in [9.17, 15) is 19.2 Å². The first-order valence-corrected chi connectivity index (χ1v) is 15.2. The van der Waals surface area contributed by atoms with Crippen LogP contribution in [-0.2, 0) is 25.5 Å². The topological polar surface area (TPSA) is 114 Å². The molecule has 0 aliphatic heterocycles. The van der Waals surface area contributed by atoms with Gasteiger partial charge in [0, 0.05) is 28.6 Å². The number of hydrogen-bond acceptors (Lipinski definition) is 9. The van der Waals surface area contributed by atoms with E-state index < -0.39 is 17.9 Å². The van der Waals surface area contributed by atoms with Gasteiger partial charge in [-0.1, -0.05) is 35.2 Å². The zero-order chi connectivity index (χ0) is 32.4. The number of carbonyl (C=O) groups is 4. The van der Waals surface area contributed by atoms with Crippen LogP contribution >= 0.6 is 15.9 Å². The van der Waals surface area contributed by atoms with E-state index in [0.29, 0.717) is 85.0 Å². The largest absolute Gasteiger partial charge is 0.494 e. The van der Waals surface area contributed by atoms with E-state index in [1.165, 1.54) is 0 Å². The highest BCUT2D eigenvalue weighted by molar-refractivity contribution is 9.10. The molecule has 45 heavy (non-hydrogen) atoms. The van der Waals surface area contributed by atoms with Gasteiger partial charge in [0.1, 0.15) is 17.2 Å². The Morgan fingerprint density at radius 2 is 1.09 bits per heavy atom. The first kappa shape index (κ1) is 34.8. The number of Topliss-reactive ketones (excluding diaryl/α,β-unsaturated/α-hetero) is 1. The Balaban J connectivity index is 1.41. The molecule has 0 unspecified atom stereocenters. The third kappa shape index (κ3) is 12.4. The fourth-order valence-electron chi connectivity index (χ4n) is 3.85. The summed E-state index contributed by atoms with van der Waals surface area (Å²) in [5.41, 5.74) is 1.65. The van der Waals surface area contributed by atoms with Crippen LogP contribution in [0, 0.1) is 0 Å². The number of carbonyl (C=O) groups excluding carboxylic acids is 4. The second-order valence-corrected chi connectivity index (χ2v) is 10.5. The Morgan fingerprint density at radius 1 is 0.622 bits per heavy atom. The van der Waals surface area contributed by atoms with Gasteiger partial charge in [0.25, 0.3) is 0 Å². The Morgan fingerprint density at radius 3 is 1.58 bits per heavy atom. The molecule has 0 amide bonds. The summed E-state index contributed by atoms with van der Waals surface area (Å²) in [5, 5.41) is 0. The van der Waals surface area contributed by atoms with Crippen molar-refractivity contribution in [3.05, 3.63) is 113 Å². The van der Waals surface area contributed by atoms with Crippen LogP contribution < -0.4 is 14.2 Å². The van der Waals surface area contributed by atoms with Crippen molar-refractivity contribution in [3.63, 3.8) is 0 Å². The van der Waals surface area contributed by atoms with E-state index in [1.807, 2.05) is 0 Å². The summed E-state index contributed by atoms with van der Waals surface area (Å²) in [6, 6.07) is 18.6. The smallest absolute Gasteiger partial charge is 0.343 e. The quantitative estimate of drug-likeness (QED) is 0.0440. The Bertz CT molecular complexity index is 1460. The van der Waals surface area contributed by atoms with Crippen molar-refractivity contribution >= 4 is 39.6 Å². The number of hydrogen-bond donors (Lipinski definition) is 0. The van der Waals surface area contributed by atoms with Crippen LogP contribution in [0.3, 0.4) is 0 Å². The van der Waals surface area contributed by atoms with Gasteiger partial charge < -0.3 is 23.7 Å². The lowest BCUT2D eigenvalue weighted by Gasteiger charge is -2.10. The molecule has 0 atom stereocenters. The SMILES string of the molecule is C=CC(=O)OCCCCOc1ccc(C(=O)Cc2ccc(OC(=O)c3ccc(OCCCCOC(=O)C=C)cc3)cc2Br)cc1. The minimum Gasteiger partial charge on any atom is -0.494 e. The average molecular weight is 680 g/mol. The molecule has 0 N–H and O–H groups in total. The van der Waals surface area contributed by atoms with Crippen molar-refractivity contribution < 1.29 is 42.9 Å². The van der Waals surface area contributed by atoms with Crippen molar-refractivity contribution in [3.8, 4) is 17.2 Å². The standard InChI is InChI=1S/C35H35BrO9/c1-3-33(38)43-21-7-5-19-41-28-14-9-25(10-15-28)32(37)23-27-13-18-30(24-31(27)36)45-35(40)26-11-16-29(17-12-26)42-20-6-8-22-44-34(39)4-2/h3-4,9-18,24H,1-2,5-8,19-23H2. The fraction of sp³-hybridized carbons (Fsp3) is 0.257. The van der Waals surface area contributed by atoms with Crippen LogP contribution in [0.2, 0.25) is 0 Å². The van der Waals surface area contributed by atoms with Gasteiger partial charge in [-0.05, 0) is 91.9 Å². The number of unbranched alkanes of at least 4 members (excludes halogenated alkanes) is 2. The molecule has 0 aromatic heterocycles. The maximum Gasteiger partial charge on any atom is 0.343 e. The molecule has 0 aliphatic rings. The van der Waals surface area contributed by atoms with Gasteiger partial charge in [0.15, 0.2) is 5.78 Å². The minimum absolute atomic E-state index is 0.0746.